The molecule has 0 bridgehead atoms. The maximum absolute atomic E-state index is 12.0. The number of unbranched alkanes of at least 4 members (excludes halogenated alkanes) is 3. The average Bonchev–Trinajstić information content (AvgIpc) is 2.61. The van der Waals surface area contributed by atoms with Gasteiger partial charge in [0.2, 0.25) is 0 Å². The summed E-state index contributed by atoms with van der Waals surface area (Å²) in [6, 6.07) is 16.8. The second kappa shape index (κ2) is 9.67. The van der Waals surface area contributed by atoms with E-state index in [2.05, 4.69) is 6.92 Å². The lowest BCUT2D eigenvalue weighted by atomic mass is 10.2. The zero-order valence-electron chi connectivity index (χ0n) is 13.7. The molecule has 0 aliphatic carbocycles. The van der Waals surface area contributed by atoms with Crippen LogP contribution in [0.4, 0.5) is 0 Å². The third kappa shape index (κ3) is 6.15. The molecule has 2 aromatic rings. The zero-order chi connectivity index (χ0) is 16.3. The second-order valence-corrected chi connectivity index (χ2v) is 5.50. The number of benzene rings is 2. The number of ether oxygens (including phenoxy) is 2. The highest BCUT2D eigenvalue weighted by atomic mass is 16.5. The highest BCUT2D eigenvalue weighted by Crippen LogP contribution is 2.14. The number of rotatable bonds is 9. The molecular weight excluding hydrogens is 288 g/mol. The van der Waals surface area contributed by atoms with E-state index in [1.165, 1.54) is 19.3 Å². The molecule has 0 atom stereocenters. The van der Waals surface area contributed by atoms with Gasteiger partial charge in [-0.05, 0) is 36.2 Å². The second-order valence-electron chi connectivity index (χ2n) is 5.50. The average molecular weight is 312 g/mol. The molecule has 23 heavy (non-hydrogen) atoms. The molecule has 3 heteroatoms. The molecule has 0 amide bonds. The minimum absolute atomic E-state index is 0.287. The zero-order valence-corrected chi connectivity index (χ0v) is 13.7. The van der Waals surface area contributed by atoms with Gasteiger partial charge in [-0.25, -0.2) is 4.79 Å². The van der Waals surface area contributed by atoms with E-state index in [0.29, 0.717) is 5.56 Å². The van der Waals surface area contributed by atoms with E-state index in [0.717, 1.165) is 24.3 Å². The van der Waals surface area contributed by atoms with Crippen LogP contribution in [0.2, 0.25) is 0 Å². The Kier molecular flexibility index (Phi) is 7.18. The molecule has 122 valence electrons. The fourth-order valence-corrected chi connectivity index (χ4v) is 2.21. The minimum Gasteiger partial charge on any atom is -0.494 e. The van der Waals surface area contributed by atoms with Crippen molar-refractivity contribution in [3.8, 4) is 5.75 Å². The summed E-state index contributed by atoms with van der Waals surface area (Å²) in [7, 11) is 0. The Morgan fingerprint density at radius 3 is 2.35 bits per heavy atom. The van der Waals surface area contributed by atoms with Crippen molar-refractivity contribution in [3.63, 3.8) is 0 Å². The molecule has 2 aromatic carbocycles. The van der Waals surface area contributed by atoms with Crippen LogP contribution in [0.25, 0.3) is 0 Å². The van der Waals surface area contributed by atoms with Crippen molar-refractivity contribution in [1.82, 2.24) is 0 Å². The summed E-state index contributed by atoms with van der Waals surface area (Å²) < 4.78 is 11.0. The van der Waals surface area contributed by atoms with E-state index in [4.69, 9.17) is 9.47 Å². The van der Waals surface area contributed by atoms with Crippen molar-refractivity contribution >= 4 is 5.97 Å². The smallest absolute Gasteiger partial charge is 0.338 e. The van der Waals surface area contributed by atoms with Gasteiger partial charge in [0.05, 0.1) is 12.2 Å². The molecule has 0 aliphatic rings. The van der Waals surface area contributed by atoms with Gasteiger partial charge >= 0.3 is 5.97 Å². The Morgan fingerprint density at radius 1 is 0.913 bits per heavy atom. The summed E-state index contributed by atoms with van der Waals surface area (Å²) in [5, 5.41) is 0. The summed E-state index contributed by atoms with van der Waals surface area (Å²) in [4.78, 5) is 12.0. The number of hydrogen-bond donors (Lipinski definition) is 0. The first-order valence-electron chi connectivity index (χ1n) is 8.23. The lowest BCUT2D eigenvalue weighted by Gasteiger charge is -2.08. The molecule has 0 unspecified atom stereocenters. The summed E-state index contributed by atoms with van der Waals surface area (Å²) in [6.45, 7) is 3.20. The number of esters is 1. The molecule has 0 aromatic heterocycles. The Bertz CT molecular complexity index is 576. The van der Waals surface area contributed by atoms with Crippen molar-refractivity contribution in [2.45, 2.75) is 39.2 Å². The Morgan fingerprint density at radius 2 is 1.65 bits per heavy atom. The topological polar surface area (TPSA) is 35.5 Å². The lowest BCUT2D eigenvalue weighted by Crippen LogP contribution is -2.05. The van der Waals surface area contributed by atoms with Crippen LogP contribution in [0.15, 0.2) is 54.6 Å². The van der Waals surface area contributed by atoms with Crippen molar-refractivity contribution < 1.29 is 14.3 Å². The SMILES string of the molecule is CCCCCCOc1ccc(C(=O)OCc2ccccc2)cc1. The maximum Gasteiger partial charge on any atom is 0.338 e. The van der Waals surface area contributed by atoms with Crippen molar-refractivity contribution in [1.29, 1.82) is 0 Å². The molecule has 0 saturated heterocycles. The number of hydrogen-bond acceptors (Lipinski definition) is 3. The van der Waals surface area contributed by atoms with E-state index in [-0.39, 0.29) is 12.6 Å². The van der Waals surface area contributed by atoms with Gasteiger partial charge in [0.1, 0.15) is 12.4 Å². The van der Waals surface area contributed by atoms with Crippen molar-refractivity contribution in [2.24, 2.45) is 0 Å². The van der Waals surface area contributed by atoms with Gasteiger partial charge < -0.3 is 9.47 Å². The maximum atomic E-state index is 12.0. The molecule has 0 fully saturated rings. The van der Waals surface area contributed by atoms with Gasteiger partial charge in [-0.15, -0.1) is 0 Å². The molecule has 0 radical (unpaired) electrons. The van der Waals surface area contributed by atoms with Gasteiger partial charge in [-0.3, -0.25) is 0 Å². The number of carbonyl (C=O) groups excluding carboxylic acids is 1. The molecule has 0 N–H and O–H groups in total. The third-order valence-electron chi connectivity index (χ3n) is 3.57. The fraction of sp³-hybridized carbons (Fsp3) is 0.350. The summed E-state index contributed by atoms with van der Waals surface area (Å²) in [6.07, 6.45) is 4.73. The highest BCUT2D eigenvalue weighted by Gasteiger charge is 2.07. The quantitative estimate of drug-likeness (QED) is 0.482. The molecule has 0 spiro atoms. The summed E-state index contributed by atoms with van der Waals surface area (Å²) >= 11 is 0. The Labute approximate surface area is 138 Å². The first kappa shape index (κ1) is 17.1. The van der Waals surface area contributed by atoms with Crippen LogP contribution >= 0.6 is 0 Å². The van der Waals surface area contributed by atoms with Crippen LogP contribution in [0.3, 0.4) is 0 Å². The van der Waals surface area contributed by atoms with Gasteiger partial charge in [0, 0.05) is 0 Å². The largest absolute Gasteiger partial charge is 0.494 e. The molecule has 0 saturated carbocycles. The Hall–Kier alpha value is -2.29. The molecule has 3 nitrogen and oxygen atoms in total. The highest BCUT2D eigenvalue weighted by molar-refractivity contribution is 5.89. The molecule has 0 aliphatic heterocycles. The Balaban J connectivity index is 1.76. The van der Waals surface area contributed by atoms with Crippen LogP contribution in [0.5, 0.6) is 5.75 Å². The van der Waals surface area contributed by atoms with E-state index < -0.39 is 0 Å². The van der Waals surface area contributed by atoms with Crippen LogP contribution in [-0.2, 0) is 11.3 Å². The minimum atomic E-state index is -0.316. The first-order valence-corrected chi connectivity index (χ1v) is 8.23. The van der Waals surface area contributed by atoms with Gasteiger partial charge in [0.25, 0.3) is 0 Å². The van der Waals surface area contributed by atoms with E-state index in [1.807, 2.05) is 42.5 Å². The molecule has 0 heterocycles. The fourth-order valence-electron chi connectivity index (χ4n) is 2.21. The third-order valence-corrected chi connectivity index (χ3v) is 3.57. The standard InChI is InChI=1S/C20H24O3/c1-2-3-4-8-15-22-19-13-11-18(12-14-19)20(21)23-16-17-9-6-5-7-10-17/h5-7,9-14H,2-4,8,15-16H2,1H3. The van der Waals surface area contributed by atoms with Crippen molar-refractivity contribution in [3.05, 3.63) is 65.7 Å². The van der Waals surface area contributed by atoms with Crippen LogP contribution in [0, 0.1) is 0 Å². The monoisotopic (exact) mass is 312 g/mol. The predicted octanol–water partition coefficient (Wildman–Crippen LogP) is 5.00. The van der Waals surface area contributed by atoms with Gasteiger partial charge in [-0.2, -0.15) is 0 Å². The summed E-state index contributed by atoms with van der Waals surface area (Å²) in [5.74, 6) is 0.476. The first-order chi connectivity index (χ1) is 11.3. The van der Waals surface area contributed by atoms with Crippen LogP contribution in [0.1, 0.15) is 48.5 Å². The molecule has 2 rings (SSSR count). The van der Waals surface area contributed by atoms with E-state index >= 15 is 0 Å². The van der Waals surface area contributed by atoms with Crippen molar-refractivity contribution in [2.75, 3.05) is 6.61 Å². The summed E-state index contributed by atoms with van der Waals surface area (Å²) in [5.41, 5.74) is 1.52. The normalized spacial score (nSPS) is 10.3. The van der Waals surface area contributed by atoms with Gasteiger partial charge in [0.15, 0.2) is 0 Å². The van der Waals surface area contributed by atoms with Gasteiger partial charge in [-0.1, -0.05) is 56.5 Å². The predicted molar refractivity (Wildman–Crippen MR) is 91.6 cm³/mol. The number of carbonyl (C=O) groups is 1. The lowest BCUT2D eigenvalue weighted by molar-refractivity contribution is 0.0472. The van der Waals surface area contributed by atoms with E-state index in [1.54, 1.807) is 12.1 Å². The van der Waals surface area contributed by atoms with Crippen LogP contribution in [-0.4, -0.2) is 12.6 Å². The molecular formula is C20H24O3. The van der Waals surface area contributed by atoms with Crippen LogP contribution < -0.4 is 4.74 Å². The van der Waals surface area contributed by atoms with E-state index in [9.17, 15) is 4.79 Å².